The Labute approximate surface area is 92.9 Å². The SMILES string of the molecule is OCC(Sc1ccccc1)c1ccco1. The summed E-state index contributed by atoms with van der Waals surface area (Å²) in [5.41, 5.74) is 0. The maximum absolute atomic E-state index is 9.28. The second-order valence-corrected chi connectivity index (χ2v) is 4.39. The first-order valence-corrected chi connectivity index (χ1v) is 5.64. The van der Waals surface area contributed by atoms with Crippen molar-refractivity contribution in [3.8, 4) is 0 Å². The maximum atomic E-state index is 9.28. The van der Waals surface area contributed by atoms with Crippen LogP contribution in [0.1, 0.15) is 11.0 Å². The molecule has 0 spiro atoms. The van der Waals surface area contributed by atoms with Crippen LogP contribution >= 0.6 is 11.8 Å². The third-order valence-electron chi connectivity index (χ3n) is 2.05. The fourth-order valence-electron chi connectivity index (χ4n) is 1.32. The normalized spacial score (nSPS) is 12.6. The van der Waals surface area contributed by atoms with Gasteiger partial charge in [0.15, 0.2) is 0 Å². The molecule has 1 atom stereocenters. The Morgan fingerprint density at radius 2 is 1.93 bits per heavy atom. The van der Waals surface area contributed by atoms with Gasteiger partial charge in [0.25, 0.3) is 0 Å². The van der Waals surface area contributed by atoms with E-state index in [4.69, 9.17) is 4.42 Å². The maximum Gasteiger partial charge on any atom is 0.119 e. The lowest BCUT2D eigenvalue weighted by atomic mass is 10.3. The highest BCUT2D eigenvalue weighted by atomic mass is 32.2. The largest absolute Gasteiger partial charge is 0.468 e. The average molecular weight is 220 g/mol. The van der Waals surface area contributed by atoms with Crippen LogP contribution in [-0.2, 0) is 0 Å². The van der Waals surface area contributed by atoms with Gasteiger partial charge in [-0.05, 0) is 24.3 Å². The highest BCUT2D eigenvalue weighted by Gasteiger charge is 2.14. The molecule has 0 aliphatic rings. The lowest BCUT2D eigenvalue weighted by Gasteiger charge is -2.10. The predicted octanol–water partition coefficient (Wildman–Crippen LogP) is 3.11. The number of hydrogen-bond acceptors (Lipinski definition) is 3. The van der Waals surface area contributed by atoms with Gasteiger partial charge in [0.05, 0.1) is 18.1 Å². The van der Waals surface area contributed by atoms with E-state index >= 15 is 0 Å². The number of thioether (sulfide) groups is 1. The number of benzene rings is 1. The summed E-state index contributed by atoms with van der Waals surface area (Å²) in [7, 11) is 0. The molecule has 0 aliphatic carbocycles. The minimum absolute atomic E-state index is 0.0256. The van der Waals surface area contributed by atoms with Crippen LogP contribution in [0.25, 0.3) is 0 Å². The lowest BCUT2D eigenvalue weighted by Crippen LogP contribution is -1.97. The molecule has 0 amide bonds. The summed E-state index contributed by atoms with van der Waals surface area (Å²) in [4.78, 5) is 1.13. The molecule has 15 heavy (non-hydrogen) atoms. The molecule has 2 aromatic rings. The van der Waals surface area contributed by atoms with Gasteiger partial charge < -0.3 is 9.52 Å². The first-order valence-electron chi connectivity index (χ1n) is 4.76. The zero-order valence-electron chi connectivity index (χ0n) is 8.17. The molecule has 3 heteroatoms. The summed E-state index contributed by atoms with van der Waals surface area (Å²) in [6, 6.07) is 13.7. The van der Waals surface area contributed by atoms with Crippen LogP contribution in [0.2, 0.25) is 0 Å². The molecule has 2 nitrogen and oxygen atoms in total. The van der Waals surface area contributed by atoms with Crippen molar-refractivity contribution in [1.82, 2.24) is 0 Å². The zero-order chi connectivity index (χ0) is 10.5. The Bertz CT molecular complexity index is 383. The molecular weight excluding hydrogens is 208 g/mol. The number of rotatable bonds is 4. The van der Waals surface area contributed by atoms with Gasteiger partial charge in [-0.3, -0.25) is 0 Å². The van der Waals surface area contributed by atoms with Crippen LogP contribution in [-0.4, -0.2) is 11.7 Å². The standard InChI is InChI=1S/C12H12O2S/c13-9-12(11-7-4-8-14-11)15-10-5-2-1-3-6-10/h1-8,12-13H,9H2. The van der Waals surface area contributed by atoms with Crippen molar-refractivity contribution in [2.24, 2.45) is 0 Å². The van der Waals surface area contributed by atoms with Crippen molar-refractivity contribution in [3.63, 3.8) is 0 Å². The van der Waals surface area contributed by atoms with Gasteiger partial charge in [-0.1, -0.05) is 18.2 Å². The Hall–Kier alpha value is -1.19. The monoisotopic (exact) mass is 220 g/mol. The minimum atomic E-state index is -0.0256. The summed E-state index contributed by atoms with van der Waals surface area (Å²) in [5, 5.41) is 9.25. The van der Waals surface area contributed by atoms with E-state index in [2.05, 4.69) is 0 Å². The Morgan fingerprint density at radius 3 is 2.53 bits per heavy atom. The van der Waals surface area contributed by atoms with E-state index in [-0.39, 0.29) is 11.9 Å². The Morgan fingerprint density at radius 1 is 1.13 bits per heavy atom. The molecule has 0 saturated heterocycles. The quantitative estimate of drug-likeness (QED) is 0.804. The summed E-state index contributed by atoms with van der Waals surface area (Å²) in [6.07, 6.45) is 1.63. The van der Waals surface area contributed by atoms with Crippen molar-refractivity contribution in [3.05, 3.63) is 54.5 Å². The van der Waals surface area contributed by atoms with E-state index < -0.39 is 0 Å². The predicted molar refractivity (Wildman–Crippen MR) is 60.8 cm³/mol. The van der Waals surface area contributed by atoms with Crippen molar-refractivity contribution in [2.45, 2.75) is 10.1 Å². The molecule has 1 N–H and O–H groups in total. The van der Waals surface area contributed by atoms with Gasteiger partial charge in [-0.25, -0.2) is 0 Å². The Balaban J connectivity index is 2.10. The molecule has 0 aliphatic heterocycles. The van der Waals surface area contributed by atoms with E-state index in [0.717, 1.165) is 10.7 Å². The zero-order valence-corrected chi connectivity index (χ0v) is 8.98. The molecule has 1 aromatic carbocycles. The second-order valence-electron chi connectivity index (χ2n) is 3.12. The van der Waals surface area contributed by atoms with Crippen molar-refractivity contribution in [2.75, 3.05) is 6.61 Å². The van der Waals surface area contributed by atoms with Gasteiger partial charge in [-0.15, -0.1) is 11.8 Å². The van der Waals surface area contributed by atoms with E-state index in [9.17, 15) is 5.11 Å². The van der Waals surface area contributed by atoms with Crippen molar-refractivity contribution >= 4 is 11.8 Å². The number of aliphatic hydroxyl groups excluding tert-OH is 1. The van der Waals surface area contributed by atoms with Crippen molar-refractivity contribution in [1.29, 1.82) is 0 Å². The van der Waals surface area contributed by atoms with Crippen LogP contribution in [0.3, 0.4) is 0 Å². The van der Waals surface area contributed by atoms with Crippen LogP contribution in [0.4, 0.5) is 0 Å². The molecule has 78 valence electrons. The van der Waals surface area contributed by atoms with E-state index in [0.29, 0.717) is 0 Å². The molecule has 1 unspecified atom stereocenters. The first-order chi connectivity index (χ1) is 7.40. The fourth-order valence-corrected chi connectivity index (χ4v) is 2.29. The average Bonchev–Trinajstić information content (AvgIpc) is 2.81. The summed E-state index contributed by atoms with van der Waals surface area (Å²) in [6.45, 7) is 0.0765. The van der Waals surface area contributed by atoms with Gasteiger partial charge >= 0.3 is 0 Å². The number of aliphatic hydroxyl groups is 1. The first kappa shape index (κ1) is 10.3. The van der Waals surface area contributed by atoms with E-state index in [1.54, 1.807) is 18.0 Å². The lowest BCUT2D eigenvalue weighted by molar-refractivity contribution is 0.284. The third kappa shape index (κ3) is 2.64. The van der Waals surface area contributed by atoms with Crippen LogP contribution in [0, 0.1) is 0 Å². The molecule has 1 heterocycles. The topological polar surface area (TPSA) is 33.4 Å². The molecule has 2 rings (SSSR count). The molecule has 0 saturated carbocycles. The minimum Gasteiger partial charge on any atom is -0.468 e. The van der Waals surface area contributed by atoms with E-state index in [1.807, 2.05) is 42.5 Å². The highest BCUT2D eigenvalue weighted by molar-refractivity contribution is 7.99. The van der Waals surface area contributed by atoms with Crippen LogP contribution in [0.5, 0.6) is 0 Å². The molecule has 0 radical (unpaired) electrons. The van der Waals surface area contributed by atoms with Crippen LogP contribution in [0.15, 0.2) is 58.0 Å². The highest BCUT2D eigenvalue weighted by Crippen LogP contribution is 2.34. The van der Waals surface area contributed by atoms with Gasteiger partial charge in [-0.2, -0.15) is 0 Å². The summed E-state index contributed by atoms with van der Waals surface area (Å²) in [5.74, 6) is 0.811. The van der Waals surface area contributed by atoms with E-state index in [1.165, 1.54) is 0 Å². The van der Waals surface area contributed by atoms with Gasteiger partial charge in [0.1, 0.15) is 5.76 Å². The third-order valence-corrected chi connectivity index (χ3v) is 3.26. The van der Waals surface area contributed by atoms with Gasteiger partial charge in [0, 0.05) is 4.90 Å². The number of hydrogen-bond donors (Lipinski definition) is 1. The molecule has 1 aromatic heterocycles. The van der Waals surface area contributed by atoms with Crippen molar-refractivity contribution < 1.29 is 9.52 Å². The summed E-state index contributed by atoms with van der Waals surface area (Å²) < 4.78 is 5.28. The summed E-state index contributed by atoms with van der Waals surface area (Å²) >= 11 is 1.60. The fraction of sp³-hybridized carbons (Fsp3) is 0.167. The van der Waals surface area contributed by atoms with Crippen LogP contribution < -0.4 is 0 Å². The smallest absolute Gasteiger partial charge is 0.119 e. The number of furan rings is 1. The Kier molecular flexibility index (Phi) is 3.48. The molecular formula is C12H12O2S. The molecule has 0 fully saturated rings. The molecule has 0 bridgehead atoms. The van der Waals surface area contributed by atoms with Gasteiger partial charge in [0.2, 0.25) is 0 Å². The second kappa shape index (κ2) is 5.05.